The largest absolute Gasteiger partial charge is 0.494 e. The first-order valence-corrected chi connectivity index (χ1v) is 7.47. The van der Waals surface area contributed by atoms with Crippen molar-refractivity contribution in [2.75, 3.05) is 6.61 Å². The maximum atomic E-state index is 5.51. The van der Waals surface area contributed by atoms with E-state index in [1.54, 1.807) is 0 Å². The molecule has 0 aliphatic heterocycles. The van der Waals surface area contributed by atoms with E-state index in [2.05, 4.69) is 38.1 Å². The van der Waals surface area contributed by atoms with Gasteiger partial charge < -0.3 is 4.74 Å². The fourth-order valence-electron chi connectivity index (χ4n) is 3.35. The van der Waals surface area contributed by atoms with Crippen LogP contribution in [0, 0.1) is 11.8 Å². The van der Waals surface area contributed by atoms with Gasteiger partial charge >= 0.3 is 0 Å². The molecule has 0 N–H and O–H groups in total. The molecule has 0 aromatic heterocycles. The molecule has 3 unspecified atom stereocenters. The van der Waals surface area contributed by atoms with Crippen molar-refractivity contribution in [1.82, 2.24) is 0 Å². The fourth-order valence-corrected chi connectivity index (χ4v) is 3.35. The van der Waals surface area contributed by atoms with Crippen molar-refractivity contribution in [3.63, 3.8) is 0 Å². The molecule has 0 radical (unpaired) electrons. The zero-order valence-corrected chi connectivity index (χ0v) is 12.0. The summed E-state index contributed by atoms with van der Waals surface area (Å²) < 4.78 is 5.51. The average molecular weight is 246 g/mol. The third-order valence-corrected chi connectivity index (χ3v) is 4.47. The van der Waals surface area contributed by atoms with Crippen molar-refractivity contribution < 1.29 is 4.74 Å². The van der Waals surface area contributed by atoms with E-state index in [4.69, 9.17) is 4.74 Å². The molecule has 1 saturated carbocycles. The van der Waals surface area contributed by atoms with Crippen molar-refractivity contribution in [2.45, 2.75) is 52.4 Å². The number of hydrogen-bond donors (Lipinski definition) is 0. The Morgan fingerprint density at radius 1 is 1.11 bits per heavy atom. The fraction of sp³-hybridized carbons (Fsp3) is 0.647. The molecule has 1 aliphatic rings. The van der Waals surface area contributed by atoms with E-state index in [0.29, 0.717) is 0 Å². The molecule has 18 heavy (non-hydrogen) atoms. The van der Waals surface area contributed by atoms with E-state index < -0.39 is 0 Å². The summed E-state index contributed by atoms with van der Waals surface area (Å²) in [6.07, 6.45) is 5.50. The molecule has 0 spiro atoms. The van der Waals surface area contributed by atoms with E-state index in [1.807, 2.05) is 6.92 Å². The minimum Gasteiger partial charge on any atom is -0.494 e. The molecule has 0 heterocycles. The highest BCUT2D eigenvalue weighted by Gasteiger charge is 2.27. The molecule has 1 fully saturated rings. The van der Waals surface area contributed by atoms with Gasteiger partial charge in [0.25, 0.3) is 0 Å². The first-order chi connectivity index (χ1) is 8.74. The summed E-state index contributed by atoms with van der Waals surface area (Å²) in [5, 5.41) is 0. The van der Waals surface area contributed by atoms with Crippen LogP contribution in [-0.2, 0) is 0 Å². The van der Waals surface area contributed by atoms with Gasteiger partial charge in [0.1, 0.15) is 5.75 Å². The maximum Gasteiger partial charge on any atom is 0.119 e. The summed E-state index contributed by atoms with van der Waals surface area (Å²) in [6, 6.07) is 8.77. The molecule has 100 valence electrons. The normalized spacial score (nSPS) is 28.1. The summed E-state index contributed by atoms with van der Waals surface area (Å²) >= 11 is 0. The van der Waals surface area contributed by atoms with Gasteiger partial charge in [-0.15, -0.1) is 0 Å². The Balaban J connectivity index is 2.03. The van der Waals surface area contributed by atoms with Gasteiger partial charge in [-0.2, -0.15) is 0 Å². The van der Waals surface area contributed by atoms with Crippen LogP contribution in [-0.4, -0.2) is 6.61 Å². The molecule has 1 aromatic rings. The van der Waals surface area contributed by atoms with E-state index in [0.717, 1.165) is 30.1 Å². The van der Waals surface area contributed by atoms with Crippen LogP contribution in [0.5, 0.6) is 5.75 Å². The predicted octanol–water partition coefficient (Wildman–Crippen LogP) is 5.02. The lowest BCUT2D eigenvalue weighted by atomic mass is 9.71. The second-order valence-corrected chi connectivity index (χ2v) is 5.67. The van der Waals surface area contributed by atoms with Crippen molar-refractivity contribution in [1.29, 1.82) is 0 Å². The topological polar surface area (TPSA) is 9.23 Å². The van der Waals surface area contributed by atoms with Crippen molar-refractivity contribution in [3.05, 3.63) is 29.8 Å². The van der Waals surface area contributed by atoms with Gasteiger partial charge in [-0.1, -0.05) is 32.4 Å². The number of benzene rings is 1. The summed E-state index contributed by atoms with van der Waals surface area (Å²) in [4.78, 5) is 0. The van der Waals surface area contributed by atoms with Gasteiger partial charge in [-0.05, 0) is 61.6 Å². The molecule has 0 bridgehead atoms. The van der Waals surface area contributed by atoms with Crippen LogP contribution in [0.15, 0.2) is 24.3 Å². The van der Waals surface area contributed by atoms with Crippen LogP contribution < -0.4 is 4.74 Å². The Hall–Kier alpha value is -0.980. The van der Waals surface area contributed by atoms with Crippen LogP contribution in [0.3, 0.4) is 0 Å². The molecule has 2 rings (SSSR count). The zero-order chi connectivity index (χ0) is 13.0. The Morgan fingerprint density at radius 3 is 2.39 bits per heavy atom. The third-order valence-electron chi connectivity index (χ3n) is 4.47. The highest BCUT2D eigenvalue weighted by molar-refractivity contribution is 5.30. The van der Waals surface area contributed by atoms with Crippen LogP contribution in [0.25, 0.3) is 0 Å². The molecule has 0 amide bonds. The maximum absolute atomic E-state index is 5.51. The molecular formula is C17H26O. The molecule has 0 saturated heterocycles. The minimum absolute atomic E-state index is 0.747. The second-order valence-electron chi connectivity index (χ2n) is 5.67. The number of hydrogen-bond acceptors (Lipinski definition) is 1. The van der Waals surface area contributed by atoms with E-state index in [-0.39, 0.29) is 0 Å². The van der Waals surface area contributed by atoms with E-state index >= 15 is 0 Å². The number of rotatable bonds is 4. The highest BCUT2D eigenvalue weighted by Crippen LogP contribution is 2.41. The molecular weight excluding hydrogens is 220 g/mol. The van der Waals surface area contributed by atoms with Gasteiger partial charge in [0.05, 0.1) is 6.61 Å². The van der Waals surface area contributed by atoms with E-state index in [9.17, 15) is 0 Å². The molecule has 1 heteroatoms. The number of ether oxygens (including phenoxy) is 1. The third kappa shape index (κ3) is 3.07. The first kappa shape index (κ1) is 13.5. The van der Waals surface area contributed by atoms with Crippen LogP contribution in [0.1, 0.15) is 57.9 Å². The van der Waals surface area contributed by atoms with Gasteiger partial charge in [-0.3, -0.25) is 0 Å². The van der Waals surface area contributed by atoms with Gasteiger partial charge in [-0.25, -0.2) is 0 Å². The van der Waals surface area contributed by atoms with Crippen LogP contribution in [0.4, 0.5) is 0 Å². The standard InChI is InChI=1S/C17H26O/c1-4-14-6-11-17(13(3)12-14)15-7-9-16(10-8-15)18-5-2/h7-10,13-14,17H,4-6,11-12H2,1-3H3. The Labute approximate surface area is 112 Å². The molecule has 3 atom stereocenters. The van der Waals surface area contributed by atoms with Gasteiger partial charge in [0, 0.05) is 0 Å². The lowest BCUT2D eigenvalue weighted by molar-refractivity contribution is 0.242. The zero-order valence-electron chi connectivity index (χ0n) is 12.0. The quantitative estimate of drug-likeness (QED) is 0.725. The smallest absolute Gasteiger partial charge is 0.119 e. The van der Waals surface area contributed by atoms with Crippen LogP contribution in [0.2, 0.25) is 0 Å². The summed E-state index contributed by atoms with van der Waals surface area (Å²) in [5.41, 5.74) is 1.50. The van der Waals surface area contributed by atoms with Gasteiger partial charge in [0.2, 0.25) is 0 Å². The van der Waals surface area contributed by atoms with Crippen molar-refractivity contribution in [3.8, 4) is 5.75 Å². The van der Waals surface area contributed by atoms with E-state index in [1.165, 1.54) is 31.2 Å². The highest BCUT2D eigenvalue weighted by atomic mass is 16.5. The van der Waals surface area contributed by atoms with Gasteiger partial charge in [0.15, 0.2) is 0 Å². The van der Waals surface area contributed by atoms with Crippen molar-refractivity contribution >= 4 is 0 Å². The lowest BCUT2D eigenvalue weighted by Gasteiger charge is -2.34. The Kier molecular flexibility index (Phi) is 4.68. The minimum atomic E-state index is 0.747. The first-order valence-electron chi connectivity index (χ1n) is 7.47. The summed E-state index contributed by atoms with van der Waals surface area (Å²) in [7, 11) is 0. The average Bonchev–Trinajstić information content (AvgIpc) is 2.40. The lowest BCUT2D eigenvalue weighted by Crippen LogP contribution is -2.21. The van der Waals surface area contributed by atoms with Crippen molar-refractivity contribution in [2.24, 2.45) is 11.8 Å². The summed E-state index contributed by atoms with van der Waals surface area (Å²) in [5.74, 6) is 3.53. The molecule has 1 aromatic carbocycles. The monoisotopic (exact) mass is 246 g/mol. The second kappa shape index (κ2) is 6.26. The molecule has 1 nitrogen and oxygen atoms in total. The van der Waals surface area contributed by atoms with Crippen LogP contribution >= 0.6 is 0 Å². The molecule has 1 aliphatic carbocycles. The summed E-state index contributed by atoms with van der Waals surface area (Å²) in [6.45, 7) is 7.52. The Morgan fingerprint density at radius 2 is 1.83 bits per heavy atom. The predicted molar refractivity (Wildman–Crippen MR) is 77.1 cm³/mol. The SMILES string of the molecule is CCOc1ccc(C2CCC(CC)CC2C)cc1. The Bertz CT molecular complexity index is 354.